The van der Waals surface area contributed by atoms with Gasteiger partial charge in [-0.1, -0.05) is 11.6 Å². The van der Waals surface area contributed by atoms with E-state index in [2.05, 4.69) is 20.3 Å². The first-order valence-corrected chi connectivity index (χ1v) is 9.04. The standard InChI is InChI=1S/C18H23ClN6O/c1-25(2)17(26)11-3-8-14(15(19)9-11)16-21-10-22-18(24-16)23-13-6-4-12(20)5-7-13/h3,8-10,12-13H,4-7,20H2,1-2H3,(H,21,22,23,24). The number of aromatic nitrogens is 3. The van der Waals surface area contributed by atoms with Gasteiger partial charge in [-0.3, -0.25) is 4.79 Å². The zero-order chi connectivity index (χ0) is 18.7. The highest BCUT2D eigenvalue weighted by molar-refractivity contribution is 6.33. The van der Waals surface area contributed by atoms with Crippen molar-refractivity contribution < 1.29 is 4.79 Å². The summed E-state index contributed by atoms with van der Waals surface area (Å²) in [5.41, 5.74) is 7.14. The highest BCUT2D eigenvalue weighted by Gasteiger charge is 2.19. The third-order valence-corrected chi connectivity index (χ3v) is 4.85. The summed E-state index contributed by atoms with van der Waals surface area (Å²) < 4.78 is 0. The van der Waals surface area contributed by atoms with Crippen LogP contribution in [0.5, 0.6) is 0 Å². The highest BCUT2D eigenvalue weighted by Crippen LogP contribution is 2.27. The summed E-state index contributed by atoms with van der Waals surface area (Å²) in [6, 6.07) is 5.74. The topological polar surface area (TPSA) is 97.0 Å². The molecule has 0 saturated heterocycles. The van der Waals surface area contributed by atoms with Crippen molar-refractivity contribution in [3.05, 3.63) is 35.1 Å². The first-order chi connectivity index (χ1) is 12.4. The summed E-state index contributed by atoms with van der Waals surface area (Å²) in [5, 5.41) is 3.78. The summed E-state index contributed by atoms with van der Waals surface area (Å²) >= 11 is 6.37. The molecule has 0 unspecified atom stereocenters. The number of carbonyl (C=O) groups excluding carboxylic acids is 1. The maximum absolute atomic E-state index is 12.1. The van der Waals surface area contributed by atoms with Crippen LogP contribution in [-0.4, -0.2) is 51.9 Å². The number of amides is 1. The number of nitrogens with two attached hydrogens (primary N) is 1. The fourth-order valence-corrected chi connectivity index (χ4v) is 3.29. The molecule has 1 aromatic carbocycles. The number of rotatable bonds is 4. The molecule has 1 aliphatic rings. The van der Waals surface area contributed by atoms with Gasteiger partial charge in [-0.05, 0) is 43.9 Å². The molecule has 0 spiro atoms. The summed E-state index contributed by atoms with van der Waals surface area (Å²) in [6.45, 7) is 0. The van der Waals surface area contributed by atoms with E-state index in [9.17, 15) is 4.79 Å². The minimum atomic E-state index is -0.105. The van der Waals surface area contributed by atoms with Crippen LogP contribution in [0.3, 0.4) is 0 Å². The van der Waals surface area contributed by atoms with Crippen molar-refractivity contribution in [2.75, 3.05) is 19.4 Å². The van der Waals surface area contributed by atoms with Crippen LogP contribution in [0.1, 0.15) is 36.0 Å². The van der Waals surface area contributed by atoms with Crippen molar-refractivity contribution in [3.63, 3.8) is 0 Å². The van der Waals surface area contributed by atoms with E-state index in [0.717, 1.165) is 25.7 Å². The lowest BCUT2D eigenvalue weighted by Crippen LogP contribution is -2.33. The Hall–Kier alpha value is -2.25. The van der Waals surface area contributed by atoms with Gasteiger partial charge in [-0.2, -0.15) is 4.98 Å². The molecule has 0 aliphatic heterocycles. The lowest BCUT2D eigenvalue weighted by molar-refractivity contribution is 0.0827. The van der Waals surface area contributed by atoms with Gasteiger partial charge in [0, 0.05) is 37.3 Å². The number of benzene rings is 1. The van der Waals surface area contributed by atoms with Gasteiger partial charge in [-0.25, -0.2) is 9.97 Å². The quantitative estimate of drug-likeness (QED) is 0.853. The third kappa shape index (κ3) is 4.28. The van der Waals surface area contributed by atoms with E-state index in [1.165, 1.54) is 11.2 Å². The van der Waals surface area contributed by atoms with E-state index in [0.29, 0.717) is 40.0 Å². The Morgan fingerprint density at radius 1 is 1.23 bits per heavy atom. The average Bonchev–Trinajstić information content (AvgIpc) is 2.63. The predicted octanol–water partition coefficient (Wildman–Crippen LogP) is 2.58. The number of halogens is 1. The fraction of sp³-hybridized carbons (Fsp3) is 0.444. The van der Waals surface area contributed by atoms with E-state index in [1.807, 2.05) is 0 Å². The highest BCUT2D eigenvalue weighted by atomic mass is 35.5. The average molecular weight is 375 g/mol. The zero-order valence-corrected chi connectivity index (χ0v) is 15.7. The van der Waals surface area contributed by atoms with Gasteiger partial charge >= 0.3 is 0 Å². The molecule has 3 rings (SSSR count). The van der Waals surface area contributed by atoms with Gasteiger partial charge in [0.05, 0.1) is 5.02 Å². The molecule has 7 nitrogen and oxygen atoms in total. The molecular formula is C18H23ClN6O. The summed E-state index contributed by atoms with van der Waals surface area (Å²) in [7, 11) is 3.40. The Kier molecular flexibility index (Phi) is 5.68. The summed E-state index contributed by atoms with van der Waals surface area (Å²) in [5.74, 6) is 0.899. The molecule has 1 aliphatic carbocycles. The van der Waals surface area contributed by atoms with Gasteiger partial charge in [0.25, 0.3) is 5.91 Å². The van der Waals surface area contributed by atoms with E-state index >= 15 is 0 Å². The van der Waals surface area contributed by atoms with Crippen LogP contribution in [0, 0.1) is 0 Å². The molecular weight excluding hydrogens is 352 g/mol. The van der Waals surface area contributed by atoms with Crippen LogP contribution >= 0.6 is 11.6 Å². The lowest BCUT2D eigenvalue weighted by atomic mass is 9.92. The smallest absolute Gasteiger partial charge is 0.253 e. The Morgan fingerprint density at radius 3 is 2.62 bits per heavy atom. The maximum atomic E-state index is 12.1. The SMILES string of the molecule is CN(C)C(=O)c1ccc(-c2ncnc(NC3CCC(N)CC3)n2)c(Cl)c1. The minimum absolute atomic E-state index is 0.105. The molecule has 3 N–H and O–H groups in total. The molecule has 0 bridgehead atoms. The number of anilines is 1. The van der Waals surface area contributed by atoms with E-state index < -0.39 is 0 Å². The second kappa shape index (κ2) is 7.97. The normalized spacial score (nSPS) is 19.8. The molecule has 8 heteroatoms. The van der Waals surface area contributed by atoms with Gasteiger partial charge in [0.1, 0.15) is 6.33 Å². The van der Waals surface area contributed by atoms with E-state index in [4.69, 9.17) is 17.3 Å². The molecule has 1 saturated carbocycles. The molecule has 1 aromatic heterocycles. The monoisotopic (exact) mass is 374 g/mol. The Labute approximate surface area is 158 Å². The van der Waals surface area contributed by atoms with E-state index in [1.54, 1.807) is 32.3 Å². The van der Waals surface area contributed by atoms with Gasteiger partial charge < -0.3 is 16.0 Å². The largest absolute Gasteiger partial charge is 0.351 e. The molecule has 138 valence electrons. The predicted molar refractivity (Wildman–Crippen MR) is 102 cm³/mol. The van der Waals surface area contributed by atoms with Crippen molar-refractivity contribution >= 4 is 23.5 Å². The number of hydrogen-bond acceptors (Lipinski definition) is 6. The van der Waals surface area contributed by atoms with Gasteiger partial charge in [0.2, 0.25) is 5.95 Å². The fourth-order valence-electron chi connectivity index (χ4n) is 3.03. The van der Waals surface area contributed by atoms with Crippen LogP contribution in [0.4, 0.5) is 5.95 Å². The van der Waals surface area contributed by atoms with Crippen molar-refractivity contribution in [2.24, 2.45) is 5.73 Å². The number of carbonyl (C=O) groups is 1. The number of hydrogen-bond donors (Lipinski definition) is 2. The Bertz CT molecular complexity index is 789. The minimum Gasteiger partial charge on any atom is -0.351 e. The first kappa shape index (κ1) is 18.5. The van der Waals surface area contributed by atoms with Crippen molar-refractivity contribution in [1.29, 1.82) is 0 Å². The summed E-state index contributed by atoms with van der Waals surface area (Å²) in [6.07, 6.45) is 5.48. The van der Waals surface area contributed by atoms with Gasteiger partial charge in [0.15, 0.2) is 5.82 Å². The zero-order valence-electron chi connectivity index (χ0n) is 14.9. The molecule has 0 atom stereocenters. The maximum Gasteiger partial charge on any atom is 0.253 e. The van der Waals surface area contributed by atoms with Gasteiger partial charge in [-0.15, -0.1) is 0 Å². The van der Waals surface area contributed by atoms with Crippen LogP contribution in [0.25, 0.3) is 11.4 Å². The summed E-state index contributed by atoms with van der Waals surface area (Å²) in [4.78, 5) is 26.5. The van der Waals surface area contributed by atoms with Crippen LogP contribution < -0.4 is 11.1 Å². The van der Waals surface area contributed by atoms with Crippen molar-refractivity contribution in [3.8, 4) is 11.4 Å². The Morgan fingerprint density at radius 2 is 1.96 bits per heavy atom. The van der Waals surface area contributed by atoms with Crippen LogP contribution in [0.2, 0.25) is 5.02 Å². The van der Waals surface area contributed by atoms with Crippen LogP contribution in [-0.2, 0) is 0 Å². The second-order valence-electron chi connectivity index (χ2n) is 6.78. The van der Waals surface area contributed by atoms with Crippen LogP contribution in [0.15, 0.2) is 24.5 Å². The Balaban J connectivity index is 1.78. The third-order valence-electron chi connectivity index (χ3n) is 4.54. The molecule has 0 radical (unpaired) electrons. The second-order valence-corrected chi connectivity index (χ2v) is 7.19. The lowest BCUT2D eigenvalue weighted by Gasteiger charge is -2.26. The van der Waals surface area contributed by atoms with Crippen molar-refractivity contribution in [1.82, 2.24) is 19.9 Å². The molecule has 1 heterocycles. The first-order valence-electron chi connectivity index (χ1n) is 8.67. The molecule has 1 fully saturated rings. The molecule has 26 heavy (non-hydrogen) atoms. The van der Waals surface area contributed by atoms with E-state index in [-0.39, 0.29) is 5.91 Å². The number of nitrogens with zero attached hydrogens (tertiary/aromatic N) is 4. The molecule has 2 aromatic rings. The molecule has 1 amide bonds. The van der Waals surface area contributed by atoms with Crippen molar-refractivity contribution in [2.45, 2.75) is 37.8 Å². The number of nitrogens with one attached hydrogen (secondary N) is 1.